The average molecular weight is 325 g/mol. The second-order valence-electron chi connectivity index (χ2n) is 4.55. The lowest BCUT2D eigenvalue weighted by atomic mass is 10.0. The number of hydrogen-bond acceptors (Lipinski definition) is 3. The van der Waals surface area contributed by atoms with Crippen LogP contribution in [-0.2, 0) is 4.79 Å². The fourth-order valence-electron chi connectivity index (χ4n) is 1.73. The molecule has 102 valence electrons. The highest BCUT2D eigenvalue weighted by Gasteiger charge is 2.06. The van der Waals surface area contributed by atoms with Gasteiger partial charge in [-0.3, -0.25) is 4.79 Å². The molecular weight excluding hydrogens is 308 g/mol. The molecule has 19 heavy (non-hydrogen) atoms. The van der Waals surface area contributed by atoms with Gasteiger partial charge < -0.3 is 10.4 Å². The molecule has 0 aromatic heterocycles. The molecule has 0 saturated heterocycles. The predicted molar refractivity (Wildman–Crippen MR) is 78.0 cm³/mol. The number of carboxylic acid groups (broad SMARTS) is 1. The number of carbonyl (C=O) groups is 1. The van der Waals surface area contributed by atoms with Crippen LogP contribution in [0.2, 0.25) is 0 Å². The first-order valence-corrected chi connectivity index (χ1v) is 6.97. The second-order valence-corrected chi connectivity index (χ2v) is 5.47. The molecule has 0 aliphatic carbocycles. The zero-order valence-electron chi connectivity index (χ0n) is 10.8. The SMILES string of the molecule is CC(CCNc1ccc(Br)cc1C#N)CCC(=O)O. The van der Waals surface area contributed by atoms with Crippen molar-refractivity contribution in [3.63, 3.8) is 0 Å². The van der Waals surface area contributed by atoms with Crippen molar-refractivity contribution in [2.45, 2.75) is 26.2 Å². The van der Waals surface area contributed by atoms with Crippen molar-refractivity contribution >= 4 is 27.6 Å². The van der Waals surface area contributed by atoms with Crippen LogP contribution in [0.4, 0.5) is 5.69 Å². The van der Waals surface area contributed by atoms with Crippen molar-refractivity contribution in [2.75, 3.05) is 11.9 Å². The van der Waals surface area contributed by atoms with Crippen molar-refractivity contribution in [1.82, 2.24) is 0 Å². The number of nitrogens with one attached hydrogen (secondary N) is 1. The van der Waals surface area contributed by atoms with Crippen LogP contribution in [0.15, 0.2) is 22.7 Å². The first kappa shape index (κ1) is 15.5. The van der Waals surface area contributed by atoms with Gasteiger partial charge in [0, 0.05) is 17.4 Å². The molecule has 4 nitrogen and oxygen atoms in total. The molecule has 1 unspecified atom stereocenters. The average Bonchev–Trinajstić information content (AvgIpc) is 2.38. The lowest BCUT2D eigenvalue weighted by Gasteiger charge is -2.12. The standard InChI is InChI=1S/C14H17BrN2O2/c1-10(2-5-14(18)19)6-7-17-13-4-3-12(15)8-11(13)9-16/h3-4,8,10,17H,2,5-7H2,1H3,(H,18,19). The van der Waals surface area contributed by atoms with Crippen molar-refractivity contribution in [1.29, 1.82) is 5.26 Å². The minimum absolute atomic E-state index is 0.211. The fraction of sp³-hybridized carbons (Fsp3) is 0.429. The molecule has 0 aliphatic heterocycles. The number of aliphatic carboxylic acids is 1. The van der Waals surface area contributed by atoms with E-state index < -0.39 is 5.97 Å². The Morgan fingerprint density at radius 2 is 2.26 bits per heavy atom. The third-order valence-electron chi connectivity index (χ3n) is 2.91. The molecule has 0 saturated carbocycles. The van der Waals surface area contributed by atoms with Crippen LogP contribution < -0.4 is 5.32 Å². The molecule has 0 radical (unpaired) electrons. The Bertz CT molecular complexity index is 483. The zero-order valence-corrected chi connectivity index (χ0v) is 12.4. The molecule has 0 fully saturated rings. The van der Waals surface area contributed by atoms with Gasteiger partial charge in [0.25, 0.3) is 0 Å². The summed E-state index contributed by atoms with van der Waals surface area (Å²) in [5.41, 5.74) is 1.42. The van der Waals surface area contributed by atoms with Gasteiger partial charge in [-0.1, -0.05) is 22.9 Å². The highest BCUT2D eigenvalue weighted by atomic mass is 79.9. The number of hydrogen-bond donors (Lipinski definition) is 2. The third-order valence-corrected chi connectivity index (χ3v) is 3.40. The monoisotopic (exact) mass is 324 g/mol. The van der Waals surface area contributed by atoms with Gasteiger partial charge in [-0.15, -0.1) is 0 Å². The lowest BCUT2D eigenvalue weighted by Crippen LogP contribution is -2.09. The van der Waals surface area contributed by atoms with Crippen molar-refractivity contribution in [3.8, 4) is 6.07 Å². The van der Waals surface area contributed by atoms with Crippen LogP contribution in [0.5, 0.6) is 0 Å². The van der Waals surface area contributed by atoms with Gasteiger partial charge in [0.05, 0.1) is 11.3 Å². The summed E-state index contributed by atoms with van der Waals surface area (Å²) in [5.74, 6) is -0.399. The maximum absolute atomic E-state index is 10.5. The minimum atomic E-state index is -0.750. The van der Waals surface area contributed by atoms with E-state index in [9.17, 15) is 4.79 Å². The van der Waals surface area contributed by atoms with E-state index in [4.69, 9.17) is 10.4 Å². The first-order valence-electron chi connectivity index (χ1n) is 6.18. The summed E-state index contributed by atoms with van der Waals surface area (Å²) in [6.45, 7) is 2.77. The zero-order chi connectivity index (χ0) is 14.3. The normalized spacial score (nSPS) is 11.6. The first-order chi connectivity index (χ1) is 9.02. The Balaban J connectivity index is 2.41. The van der Waals surface area contributed by atoms with E-state index >= 15 is 0 Å². The number of anilines is 1. The smallest absolute Gasteiger partial charge is 0.303 e. The highest BCUT2D eigenvalue weighted by molar-refractivity contribution is 9.10. The molecule has 0 heterocycles. The molecular formula is C14H17BrN2O2. The summed E-state index contributed by atoms with van der Waals surface area (Å²) < 4.78 is 0.879. The summed E-state index contributed by atoms with van der Waals surface area (Å²) in [6, 6.07) is 7.67. The van der Waals surface area contributed by atoms with E-state index in [1.165, 1.54) is 0 Å². The van der Waals surface area contributed by atoms with Crippen LogP contribution in [0.1, 0.15) is 31.7 Å². The van der Waals surface area contributed by atoms with Crippen LogP contribution in [0.25, 0.3) is 0 Å². The summed E-state index contributed by atoms with van der Waals surface area (Å²) in [5, 5.41) is 20.8. The van der Waals surface area contributed by atoms with E-state index in [0.717, 1.165) is 23.1 Å². The quantitative estimate of drug-likeness (QED) is 0.803. The number of benzene rings is 1. The molecule has 1 rings (SSSR count). The van der Waals surface area contributed by atoms with E-state index in [0.29, 0.717) is 17.9 Å². The molecule has 1 atom stereocenters. The number of nitrogens with zero attached hydrogens (tertiary/aromatic N) is 1. The van der Waals surface area contributed by atoms with Crippen LogP contribution >= 0.6 is 15.9 Å². The molecule has 5 heteroatoms. The van der Waals surface area contributed by atoms with Crippen LogP contribution in [0.3, 0.4) is 0 Å². The summed E-state index contributed by atoms with van der Waals surface area (Å²) in [7, 11) is 0. The van der Waals surface area contributed by atoms with Gasteiger partial charge in [0.15, 0.2) is 0 Å². The van der Waals surface area contributed by atoms with E-state index in [-0.39, 0.29) is 6.42 Å². The summed E-state index contributed by atoms with van der Waals surface area (Å²) in [6.07, 6.45) is 1.78. The molecule has 1 aromatic carbocycles. The van der Waals surface area contributed by atoms with Crippen LogP contribution in [-0.4, -0.2) is 17.6 Å². The molecule has 2 N–H and O–H groups in total. The minimum Gasteiger partial charge on any atom is -0.481 e. The molecule has 0 spiro atoms. The van der Waals surface area contributed by atoms with Crippen molar-refractivity contribution in [3.05, 3.63) is 28.2 Å². The van der Waals surface area contributed by atoms with E-state index in [1.807, 2.05) is 19.1 Å². The number of halogens is 1. The third kappa shape index (κ3) is 5.75. The number of carboxylic acids is 1. The van der Waals surface area contributed by atoms with Gasteiger partial charge in [-0.05, 0) is 37.0 Å². The van der Waals surface area contributed by atoms with Gasteiger partial charge >= 0.3 is 5.97 Å². The van der Waals surface area contributed by atoms with E-state index in [1.54, 1.807) is 6.07 Å². The van der Waals surface area contributed by atoms with Crippen molar-refractivity contribution < 1.29 is 9.90 Å². The topological polar surface area (TPSA) is 73.1 Å². The Morgan fingerprint density at radius 1 is 1.53 bits per heavy atom. The van der Waals surface area contributed by atoms with Gasteiger partial charge in [0.2, 0.25) is 0 Å². The number of rotatable bonds is 7. The summed E-state index contributed by atoms with van der Waals surface area (Å²) in [4.78, 5) is 10.5. The van der Waals surface area contributed by atoms with Crippen molar-refractivity contribution in [2.24, 2.45) is 5.92 Å². The second kappa shape index (κ2) is 7.80. The van der Waals surface area contributed by atoms with E-state index in [2.05, 4.69) is 27.3 Å². The van der Waals surface area contributed by atoms with Crippen LogP contribution in [0, 0.1) is 17.2 Å². The predicted octanol–water partition coefficient (Wildman–Crippen LogP) is 3.62. The fourth-order valence-corrected chi connectivity index (χ4v) is 2.09. The van der Waals surface area contributed by atoms with Gasteiger partial charge in [-0.2, -0.15) is 5.26 Å². The molecule has 0 amide bonds. The largest absolute Gasteiger partial charge is 0.481 e. The molecule has 0 aliphatic rings. The molecule has 0 bridgehead atoms. The Hall–Kier alpha value is -1.54. The van der Waals surface area contributed by atoms with Gasteiger partial charge in [-0.25, -0.2) is 0 Å². The Morgan fingerprint density at radius 3 is 2.89 bits per heavy atom. The number of nitriles is 1. The molecule has 1 aromatic rings. The maximum Gasteiger partial charge on any atom is 0.303 e. The highest BCUT2D eigenvalue weighted by Crippen LogP contribution is 2.20. The summed E-state index contributed by atoms with van der Waals surface area (Å²) >= 11 is 3.33. The lowest BCUT2D eigenvalue weighted by molar-refractivity contribution is -0.137. The Labute approximate surface area is 121 Å². The maximum atomic E-state index is 10.5. The van der Waals surface area contributed by atoms with Gasteiger partial charge in [0.1, 0.15) is 6.07 Å². The Kier molecular flexibility index (Phi) is 6.37.